The third kappa shape index (κ3) is 4.40. The van der Waals surface area contributed by atoms with E-state index >= 15 is 0 Å². The zero-order valence-corrected chi connectivity index (χ0v) is 11.6. The summed E-state index contributed by atoms with van der Waals surface area (Å²) in [5.74, 6) is -1.29. The minimum Gasteiger partial charge on any atom is -0.478 e. The van der Waals surface area contributed by atoms with Gasteiger partial charge in [0.2, 0.25) is 0 Å². The Balaban J connectivity index is 3.01. The van der Waals surface area contributed by atoms with E-state index in [9.17, 15) is 9.59 Å². The van der Waals surface area contributed by atoms with Crippen molar-refractivity contribution in [3.63, 3.8) is 0 Å². The summed E-state index contributed by atoms with van der Waals surface area (Å²) in [5.41, 5.74) is -0.448. The van der Waals surface area contributed by atoms with Crippen molar-refractivity contribution in [1.82, 2.24) is 4.98 Å². The van der Waals surface area contributed by atoms with Gasteiger partial charge in [-0.1, -0.05) is 0 Å². The van der Waals surface area contributed by atoms with Crippen molar-refractivity contribution < 1.29 is 19.4 Å². The number of rotatable bonds is 3. The van der Waals surface area contributed by atoms with Crippen molar-refractivity contribution >= 4 is 29.5 Å². The number of nitrogens with one attached hydrogen (secondary N) is 1. The summed E-state index contributed by atoms with van der Waals surface area (Å²) in [7, 11) is 0. The Kier molecular flexibility index (Phi) is 4.72. The van der Waals surface area contributed by atoms with Crippen LogP contribution in [0.4, 0.5) is 10.6 Å². The second-order valence-corrected chi connectivity index (χ2v) is 5.03. The average Bonchev–Trinajstić information content (AvgIpc) is 2.25. The van der Waals surface area contributed by atoms with E-state index in [-0.39, 0.29) is 17.3 Å². The Labute approximate surface area is 115 Å². The smallest absolute Gasteiger partial charge is 0.413 e. The summed E-state index contributed by atoms with van der Waals surface area (Å²) in [6.45, 7) is 5.11. The van der Waals surface area contributed by atoms with Gasteiger partial charge in [-0.3, -0.25) is 5.32 Å². The maximum absolute atomic E-state index is 11.6. The van der Waals surface area contributed by atoms with E-state index in [0.29, 0.717) is 5.56 Å². The van der Waals surface area contributed by atoms with Crippen LogP contribution in [0.3, 0.4) is 0 Å². The minimum atomic E-state index is -1.21. The largest absolute Gasteiger partial charge is 0.478 e. The Morgan fingerprint density at radius 1 is 1.47 bits per heavy atom. The molecule has 0 saturated heterocycles. The molecule has 7 heteroatoms. The van der Waals surface area contributed by atoms with Gasteiger partial charge in [0.05, 0.1) is 0 Å². The molecule has 1 aromatic rings. The predicted octanol–water partition coefficient (Wildman–Crippen LogP) is 2.87. The number of carboxylic acids is 1. The molecule has 104 valence electrons. The van der Waals surface area contributed by atoms with Crippen molar-refractivity contribution in [2.45, 2.75) is 32.3 Å². The van der Waals surface area contributed by atoms with Crippen molar-refractivity contribution in [3.8, 4) is 0 Å². The second-order valence-electron chi connectivity index (χ2n) is 4.76. The Morgan fingerprint density at radius 3 is 2.58 bits per heavy atom. The second kappa shape index (κ2) is 5.88. The minimum absolute atomic E-state index is 0.00710. The number of carbonyl (C=O) groups excluding carboxylic acids is 1. The Morgan fingerprint density at radius 2 is 2.11 bits per heavy atom. The van der Waals surface area contributed by atoms with Gasteiger partial charge in [-0.15, -0.1) is 11.6 Å². The molecular formula is C12H15ClN2O4. The maximum atomic E-state index is 11.6. The number of anilines is 1. The molecule has 0 aliphatic carbocycles. The SMILES string of the molecule is CC(C)(C)OC(=O)Nc1nccc(CCl)c1C(=O)O. The summed E-state index contributed by atoms with van der Waals surface area (Å²) in [4.78, 5) is 26.6. The highest BCUT2D eigenvalue weighted by Crippen LogP contribution is 2.20. The molecule has 0 aliphatic heterocycles. The van der Waals surface area contributed by atoms with E-state index in [1.54, 1.807) is 20.8 Å². The topological polar surface area (TPSA) is 88.5 Å². The van der Waals surface area contributed by atoms with Crippen molar-refractivity contribution in [2.75, 3.05) is 5.32 Å². The molecule has 2 N–H and O–H groups in total. The Hall–Kier alpha value is -1.82. The van der Waals surface area contributed by atoms with Gasteiger partial charge in [0.25, 0.3) is 0 Å². The van der Waals surface area contributed by atoms with Crippen molar-refractivity contribution in [1.29, 1.82) is 0 Å². The van der Waals surface area contributed by atoms with E-state index in [0.717, 1.165) is 0 Å². The molecule has 19 heavy (non-hydrogen) atoms. The number of aromatic carboxylic acids is 1. The number of hydrogen-bond acceptors (Lipinski definition) is 4. The highest BCUT2D eigenvalue weighted by Gasteiger charge is 2.21. The van der Waals surface area contributed by atoms with Crippen LogP contribution >= 0.6 is 11.6 Å². The van der Waals surface area contributed by atoms with Crippen LogP contribution < -0.4 is 5.32 Å². The molecule has 1 aromatic heterocycles. The maximum Gasteiger partial charge on any atom is 0.413 e. The molecule has 0 bridgehead atoms. The molecule has 1 rings (SSSR count). The van der Waals surface area contributed by atoms with Crippen LogP contribution in [0.2, 0.25) is 0 Å². The molecule has 0 saturated carbocycles. The summed E-state index contributed by atoms with van der Waals surface area (Å²) in [6.07, 6.45) is 0.603. The van der Waals surface area contributed by atoms with Crippen LogP contribution in [-0.2, 0) is 10.6 Å². The van der Waals surface area contributed by atoms with E-state index in [1.165, 1.54) is 12.3 Å². The van der Waals surface area contributed by atoms with Gasteiger partial charge in [0.15, 0.2) is 0 Å². The van der Waals surface area contributed by atoms with E-state index < -0.39 is 17.7 Å². The molecule has 0 aromatic carbocycles. The van der Waals surface area contributed by atoms with Crippen LogP contribution in [0.25, 0.3) is 0 Å². The average molecular weight is 287 g/mol. The van der Waals surface area contributed by atoms with E-state index in [1.807, 2.05) is 0 Å². The van der Waals surface area contributed by atoms with Crippen molar-refractivity contribution in [3.05, 3.63) is 23.4 Å². The summed E-state index contributed by atoms with van der Waals surface area (Å²) in [5, 5.41) is 11.4. The van der Waals surface area contributed by atoms with Gasteiger partial charge in [0.1, 0.15) is 17.0 Å². The fourth-order valence-electron chi connectivity index (χ4n) is 1.35. The number of halogens is 1. The van der Waals surface area contributed by atoms with Gasteiger partial charge in [0, 0.05) is 12.1 Å². The molecule has 0 spiro atoms. The third-order valence-electron chi connectivity index (χ3n) is 2.01. The van der Waals surface area contributed by atoms with Gasteiger partial charge in [-0.2, -0.15) is 0 Å². The molecule has 1 amide bonds. The standard InChI is InChI=1S/C12H15ClN2O4/c1-12(2,3)19-11(18)15-9-8(10(16)17)7(6-13)4-5-14-9/h4-5H,6H2,1-3H3,(H,16,17)(H,14,15,18). The lowest BCUT2D eigenvalue weighted by atomic mass is 10.1. The molecular weight excluding hydrogens is 272 g/mol. The normalized spacial score (nSPS) is 10.9. The first-order valence-corrected chi connectivity index (χ1v) is 6.05. The molecule has 0 atom stereocenters. The third-order valence-corrected chi connectivity index (χ3v) is 2.30. The molecule has 6 nitrogen and oxygen atoms in total. The van der Waals surface area contributed by atoms with Gasteiger partial charge < -0.3 is 9.84 Å². The van der Waals surface area contributed by atoms with Crippen LogP contribution in [0.15, 0.2) is 12.3 Å². The number of nitrogens with zero attached hydrogens (tertiary/aromatic N) is 1. The zero-order chi connectivity index (χ0) is 14.6. The lowest BCUT2D eigenvalue weighted by molar-refractivity contribution is 0.0635. The van der Waals surface area contributed by atoms with Crippen LogP contribution in [0, 0.1) is 0 Å². The quantitative estimate of drug-likeness (QED) is 0.834. The predicted molar refractivity (Wildman–Crippen MR) is 70.6 cm³/mol. The summed E-state index contributed by atoms with van der Waals surface area (Å²) in [6, 6.07) is 1.48. The monoisotopic (exact) mass is 286 g/mol. The number of carbonyl (C=O) groups is 2. The molecule has 0 fully saturated rings. The van der Waals surface area contributed by atoms with Crippen LogP contribution in [-0.4, -0.2) is 27.8 Å². The first kappa shape index (κ1) is 15.2. The molecule has 0 aliphatic rings. The lowest BCUT2D eigenvalue weighted by Gasteiger charge is -2.20. The molecule has 1 heterocycles. The van der Waals surface area contributed by atoms with E-state index in [2.05, 4.69) is 10.3 Å². The number of alkyl halides is 1. The number of pyridine rings is 1. The molecule has 0 unspecified atom stereocenters. The van der Waals surface area contributed by atoms with Crippen LogP contribution in [0.1, 0.15) is 36.7 Å². The highest BCUT2D eigenvalue weighted by atomic mass is 35.5. The van der Waals surface area contributed by atoms with Gasteiger partial charge >= 0.3 is 12.1 Å². The first-order valence-electron chi connectivity index (χ1n) is 5.51. The van der Waals surface area contributed by atoms with Gasteiger partial charge in [-0.05, 0) is 32.4 Å². The lowest BCUT2D eigenvalue weighted by Crippen LogP contribution is -2.28. The van der Waals surface area contributed by atoms with Gasteiger partial charge in [-0.25, -0.2) is 14.6 Å². The number of hydrogen-bond donors (Lipinski definition) is 2. The summed E-state index contributed by atoms with van der Waals surface area (Å²) >= 11 is 5.66. The van der Waals surface area contributed by atoms with E-state index in [4.69, 9.17) is 21.4 Å². The highest BCUT2D eigenvalue weighted by molar-refractivity contribution is 6.18. The number of carboxylic acid groups (broad SMARTS) is 1. The Bertz CT molecular complexity index is 497. The summed E-state index contributed by atoms with van der Waals surface area (Å²) < 4.78 is 5.03. The van der Waals surface area contributed by atoms with Crippen LogP contribution in [0.5, 0.6) is 0 Å². The fraction of sp³-hybridized carbons (Fsp3) is 0.417. The molecule has 0 radical (unpaired) electrons. The number of amides is 1. The zero-order valence-electron chi connectivity index (χ0n) is 10.9. The number of aromatic nitrogens is 1. The van der Waals surface area contributed by atoms with Crippen molar-refractivity contribution in [2.24, 2.45) is 0 Å². The first-order chi connectivity index (χ1) is 8.74. The number of ether oxygens (including phenoxy) is 1. The fourth-order valence-corrected chi connectivity index (χ4v) is 1.57.